The molecule has 0 fully saturated rings. The van der Waals surface area contributed by atoms with Crippen LogP contribution in [0.15, 0.2) is 12.2 Å². The van der Waals surface area contributed by atoms with Crippen LogP contribution < -0.4 is 0 Å². The van der Waals surface area contributed by atoms with E-state index in [2.05, 4.69) is 32.9 Å². The van der Waals surface area contributed by atoms with Crippen LogP contribution in [-0.4, -0.2) is 37.2 Å². The maximum atomic E-state index is 13.0. The lowest BCUT2D eigenvalue weighted by Crippen LogP contribution is -2.30. The van der Waals surface area contributed by atoms with Crippen LogP contribution in [0.4, 0.5) is 0 Å². The summed E-state index contributed by atoms with van der Waals surface area (Å²) in [5.41, 5.74) is 0. The second kappa shape index (κ2) is 71.6. The molecule has 0 saturated heterocycles. The van der Waals surface area contributed by atoms with Crippen molar-refractivity contribution >= 4 is 17.9 Å². The lowest BCUT2D eigenvalue weighted by molar-refractivity contribution is -0.167. The smallest absolute Gasteiger partial charge is 0.306 e. The third-order valence-electron chi connectivity index (χ3n) is 17.5. The summed E-state index contributed by atoms with van der Waals surface area (Å²) in [7, 11) is 0. The van der Waals surface area contributed by atoms with Gasteiger partial charge in [-0.05, 0) is 44.9 Å². The number of rotatable bonds is 71. The second-order valence-corrected chi connectivity index (χ2v) is 25.9. The molecule has 0 aromatic rings. The van der Waals surface area contributed by atoms with E-state index >= 15 is 0 Å². The van der Waals surface area contributed by atoms with Crippen molar-refractivity contribution in [1.82, 2.24) is 0 Å². The number of unbranched alkanes of at least 4 members (excludes halogenated alkanes) is 58. The largest absolute Gasteiger partial charge is 0.462 e. The van der Waals surface area contributed by atoms with Crippen molar-refractivity contribution in [3.05, 3.63) is 12.2 Å². The molecule has 6 heteroatoms. The van der Waals surface area contributed by atoms with Crippen LogP contribution in [0.1, 0.15) is 438 Å². The Hall–Kier alpha value is -1.85. The Morgan fingerprint density at radius 2 is 0.402 bits per heavy atom. The van der Waals surface area contributed by atoms with E-state index in [0.29, 0.717) is 19.3 Å². The summed E-state index contributed by atoms with van der Waals surface area (Å²) in [6, 6.07) is 0. The van der Waals surface area contributed by atoms with E-state index in [0.717, 1.165) is 57.8 Å². The van der Waals surface area contributed by atoms with Gasteiger partial charge in [-0.15, -0.1) is 0 Å². The lowest BCUT2D eigenvalue weighted by atomic mass is 10.0. The van der Waals surface area contributed by atoms with Crippen LogP contribution >= 0.6 is 0 Å². The molecular weight excluding hydrogens is 1010 g/mol. The lowest BCUT2D eigenvalue weighted by Gasteiger charge is -2.18. The molecule has 0 aliphatic heterocycles. The molecule has 1 unspecified atom stereocenters. The molecule has 0 amide bonds. The summed E-state index contributed by atoms with van der Waals surface area (Å²) in [6.07, 6.45) is 86.9. The second-order valence-electron chi connectivity index (χ2n) is 25.9. The van der Waals surface area contributed by atoms with Crippen LogP contribution in [0.25, 0.3) is 0 Å². The summed E-state index contributed by atoms with van der Waals surface area (Å²) in [4.78, 5) is 38.5. The SMILES string of the molecule is CCCCCCCC/C=C\CCCCCCCCCC(=O)OCC(COC(=O)CCCCCCCCCCCCCCCCCCCCCCCCCCCCCC)OC(=O)CCCCCCCCCCCCCCCCCCCCC. The molecule has 0 saturated carbocycles. The third kappa shape index (κ3) is 68.9. The van der Waals surface area contributed by atoms with Gasteiger partial charge in [0.1, 0.15) is 13.2 Å². The highest BCUT2D eigenvalue weighted by Gasteiger charge is 2.20. The van der Waals surface area contributed by atoms with Crippen LogP contribution in [-0.2, 0) is 28.6 Å². The molecule has 0 aromatic carbocycles. The van der Waals surface area contributed by atoms with Crippen LogP contribution in [0.2, 0.25) is 0 Å². The van der Waals surface area contributed by atoms with Gasteiger partial charge in [0, 0.05) is 19.3 Å². The predicted molar refractivity (Wildman–Crippen MR) is 358 cm³/mol. The number of esters is 3. The maximum absolute atomic E-state index is 13.0. The van der Waals surface area contributed by atoms with Crippen LogP contribution in [0.3, 0.4) is 0 Å². The highest BCUT2D eigenvalue weighted by molar-refractivity contribution is 5.71. The molecule has 0 N–H and O–H groups in total. The Bertz CT molecular complexity index is 1280. The fourth-order valence-corrected chi connectivity index (χ4v) is 11.9. The fourth-order valence-electron chi connectivity index (χ4n) is 11.9. The van der Waals surface area contributed by atoms with E-state index in [1.807, 2.05) is 0 Å². The summed E-state index contributed by atoms with van der Waals surface area (Å²) < 4.78 is 17.0. The van der Waals surface area contributed by atoms with E-state index in [1.165, 1.54) is 340 Å². The van der Waals surface area contributed by atoms with Crippen molar-refractivity contribution in [1.29, 1.82) is 0 Å². The average molecular weight is 1160 g/mol. The molecule has 0 aliphatic carbocycles. The van der Waals surface area contributed by atoms with Crippen molar-refractivity contribution in [3.63, 3.8) is 0 Å². The van der Waals surface area contributed by atoms with E-state index in [1.54, 1.807) is 0 Å². The standard InChI is InChI=1S/C76H146O6/c1-4-7-10-13-16-19-22-25-28-31-33-34-35-36-37-38-39-40-41-43-45-48-51-54-57-60-63-66-69-75(78)81-72-73(71-80-74(77)68-65-62-59-56-53-50-47-44-30-27-24-21-18-15-12-9-6-3)82-76(79)70-67-64-61-58-55-52-49-46-42-32-29-26-23-20-17-14-11-8-5-2/h27,30,73H,4-26,28-29,31-72H2,1-3H3/b30-27-. The molecule has 82 heavy (non-hydrogen) atoms. The first-order chi connectivity index (χ1) is 40.5. The summed E-state index contributed by atoms with van der Waals surface area (Å²) >= 11 is 0. The zero-order valence-electron chi connectivity index (χ0n) is 56.1. The molecule has 0 rings (SSSR count). The van der Waals surface area contributed by atoms with Gasteiger partial charge >= 0.3 is 17.9 Å². The van der Waals surface area contributed by atoms with Crippen molar-refractivity contribution in [3.8, 4) is 0 Å². The average Bonchev–Trinajstić information content (AvgIpc) is 3.47. The Morgan fingerprint density at radius 3 is 0.610 bits per heavy atom. The predicted octanol–water partition coefficient (Wildman–Crippen LogP) is 26.0. The summed E-state index contributed by atoms with van der Waals surface area (Å²) in [5, 5.41) is 0. The molecule has 486 valence electrons. The first-order valence-corrected chi connectivity index (χ1v) is 37.7. The molecule has 0 heterocycles. The van der Waals surface area contributed by atoms with Gasteiger partial charge in [-0.2, -0.15) is 0 Å². The number of carbonyl (C=O) groups excluding carboxylic acids is 3. The summed E-state index contributed by atoms with van der Waals surface area (Å²) in [5.74, 6) is -0.829. The van der Waals surface area contributed by atoms with Gasteiger partial charge in [-0.3, -0.25) is 14.4 Å². The van der Waals surface area contributed by atoms with Gasteiger partial charge in [0.15, 0.2) is 6.10 Å². The van der Waals surface area contributed by atoms with Crippen LogP contribution in [0, 0.1) is 0 Å². The number of ether oxygens (including phenoxy) is 3. The normalized spacial score (nSPS) is 12.0. The van der Waals surface area contributed by atoms with Gasteiger partial charge < -0.3 is 14.2 Å². The zero-order chi connectivity index (χ0) is 59.2. The molecule has 1 atom stereocenters. The van der Waals surface area contributed by atoms with Gasteiger partial charge in [0.05, 0.1) is 0 Å². The van der Waals surface area contributed by atoms with Gasteiger partial charge in [0.25, 0.3) is 0 Å². The number of hydrogen-bond donors (Lipinski definition) is 0. The van der Waals surface area contributed by atoms with E-state index in [9.17, 15) is 14.4 Å². The molecule has 0 aliphatic rings. The highest BCUT2D eigenvalue weighted by atomic mass is 16.6. The van der Waals surface area contributed by atoms with E-state index < -0.39 is 6.10 Å². The molecule has 0 radical (unpaired) electrons. The number of hydrogen-bond acceptors (Lipinski definition) is 6. The van der Waals surface area contributed by atoms with Crippen molar-refractivity contribution in [2.45, 2.75) is 444 Å². The Kier molecular flexibility index (Phi) is 70.0. The number of carbonyl (C=O) groups is 3. The van der Waals surface area contributed by atoms with Crippen molar-refractivity contribution in [2.24, 2.45) is 0 Å². The van der Waals surface area contributed by atoms with Gasteiger partial charge in [-0.25, -0.2) is 0 Å². The van der Waals surface area contributed by atoms with Crippen molar-refractivity contribution in [2.75, 3.05) is 13.2 Å². The van der Waals surface area contributed by atoms with Crippen molar-refractivity contribution < 1.29 is 28.6 Å². The minimum Gasteiger partial charge on any atom is -0.462 e. The fraction of sp³-hybridized carbons (Fsp3) is 0.934. The zero-order valence-corrected chi connectivity index (χ0v) is 56.1. The Labute approximate surface area is 513 Å². The molecule has 0 spiro atoms. The maximum Gasteiger partial charge on any atom is 0.306 e. The van der Waals surface area contributed by atoms with E-state index in [-0.39, 0.29) is 31.1 Å². The number of allylic oxidation sites excluding steroid dienone is 2. The van der Waals surface area contributed by atoms with Gasteiger partial charge in [-0.1, -0.05) is 386 Å². The summed E-state index contributed by atoms with van der Waals surface area (Å²) in [6.45, 7) is 6.74. The monoisotopic (exact) mass is 1160 g/mol. The van der Waals surface area contributed by atoms with E-state index in [4.69, 9.17) is 14.2 Å². The molecule has 0 aromatic heterocycles. The highest BCUT2D eigenvalue weighted by Crippen LogP contribution is 2.20. The molecular formula is C76H146O6. The Balaban J connectivity index is 4.21. The first-order valence-electron chi connectivity index (χ1n) is 37.7. The van der Waals surface area contributed by atoms with Gasteiger partial charge in [0.2, 0.25) is 0 Å². The quantitative estimate of drug-likeness (QED) is 0.0261. The van der Waals surface area contributed by atoms with Crippen LogP contribution in [0.5, 0.6) is 0 Å². The topological polar surface area (TPSA) is 78.9 Å². The molecule has 6 nitrogen and oxygen atoms in total. The Morgan fingerprint density at radius 1 is 0.232 bits per heavy atom. The molecule has 0 bridgehead atoms. The third-order valence-corrected chi connectivity index (χ3v) is 17.5. The minimum atomic E-state index is -0.769. The minimum absolute atomic E-state index is 0.0640. The first kappa shape index (κ1) is 80.2.